The van der Waals surface area contributed by atoms with Gasteiger partial charge in [-0.05, 0) is 48.2 Å². The quantitative estimate of drug-likeness (QED) is 0.816. The number of hydrogen-bond donors (Lipinski definition) is 2. The van der Waals surface area contributed by atoms with E-state index < -0.39 is 0 Å². The number of nitrogens with one attached hydrogen (secondary N) is 2. The molecule has 1 spiro atoms. The maximum Gasteiger partial charge on any atom is 0.325 e. The van der Waals surface area contributed by atoms with Gasteiger partial charge in [0, 0.05) is 37.3 Å². The van der Waals surface area contributed by atoms with Gasteiger partial charge in [-0.25, -0.2) is 9.18 Å². The lowest BCUT2D eigenvalue weighted by Gasteiger charge is -2.23. The summed E-state index contributed by atoms with van der Waals surface area (Å²) in [4.78, 5) is 17.0. The van der Waals surface area contributed by atoms with Crippen molar-refractivity contribution in [1.29, 1.82) is 0 Å². The van der Waals surface area contributed by atoms with Crippen LogP contribution >= 0.6 is 0 Å². The van der Waals surface area contributed by atoms with Crippen LogP contribution in [0.2, 0.25) is 0 Å². The highest BCUT2D eigenvalue weighted by molar-refractivity contribution is 5.96. The van der Waals surface area contributed by atoms with Crippen molar-refractivity contribution >= 4 is 11.7 Å². The zero-order chi connectivity index (χ0) is 20.0. The van der Waals surface area contributed by atoms with Crippen molar-refractivity contribution in [3.8, 4) is 5.75 Å². The van der Waals surface area contributed by atoms with Gasteiger partial charge in [0.05, 0.1) is 19.2 Å². The Hall–Kier alpha value is -2.64. The highest BCUT2D eigenvalue weighted by atomic mass is 19.1. The first-order valence-electron chi connectivity index (χ1n) is 10.1. The molecule has 2 aromatic carbocycles. The fourth-order valence-corrected chi connectivity index (χ4v) is 4.44. The third-order valence-electron chi connectivity index (χ3n) is 6.32. The van der Waals surface area contributed by atoms with Crippen LogP contribution in [0.15, 0.2) is 42.5 Å². The molecule has 152 valence electrons. The number of carbonyl (C=O) groups is 1. The Kier molecular flexibility index (Phi) is 4.44. The molecule has 0 radical (unpaired) electrons. The molecular weight excluding hydrogens is 371 g/mol. The van der Waals surface area contributed by atoms with Crippen LogP contribution < -0.4 is 20.5 Å². The Morgan fingerprint density at radius 2 is 1.86 bits per heavy atom. The fourth-order valence-electron chi connectivity index (χ4n) is 4.44. The number of rotatable bonds is 5. The van der Waals surface area contributed by atoms with Gasteiger partial charge in [0.25, 0.3) is 0 Å². The largest absolute Gasteiger partial charge is 0.497 e. The molecule has 3 aliphatic rings. The Bertz CT molecular complexity index is 923. The Morgan fingerprint density at radius 3 is 2.52 bits per heavy atom. The average Bonchev–Trinajstić information content (AvgIpc) is 3.18. The van der Waals surface area contributed by atoms with Crippen molar-refractivity contribution in [2.24, 2.45) is 0 Å². The second-order valence-corrected chi connectivity index (χ2v) is 8.23. The van der Waals surface area contributed by atoms with Crippen LogP contribution in [0.5, 0.6) is 5.75 Å². The zero-order valence-electron chi connectivity index (χ0n) is 16.5. The number of hydrogen-bond acceptors (Lipinski definition) is 4. The number of amides is 2. The van der Waals surface area contributed by atoms with Crippen LogP contribution in [0.1, 0.15) is 29.9 Å². The summed E-state index contributed by atoms with van der Waals surface area (Å²) in [5.41, 5.74) is 9.11. The van der Waals surface area contributed by atoms with E-state index in [0.29, 0.717) is 24.8 Å². The number of halogens is 1. The monoisotopic (exact) mass is 396 g/mol. The van der Waals surface area contributed by atoms with E-state index in [9.17, 15) is 9.18 Å². The Labute approximate surface area is 169 Å². The van der Waals surface area contributed by atoms with Crippen LogP contribution in [-0.2, 0) is 6.54 Å². The smallest absolute Gasteiger partial charge is 0.325 e. The molecule has 0 atom stereocenters. The molecule has 2 aromatic rings. The lowest BCUT2D eigenvalue weighted by Crippen LogP contribution is -2.35. The Morgan fingerprint density at radius 1 is 1.14 bits per heavy atom. The van der Waals surface area contributed by atoms with Crippen molar-refractivity contribution in [3.05, 3.63) is 59.4 Å². The van der Waals surface area contributed by atoms with Crippen LogP contribution in [-0.4, -0.2) is 43.2 Å². The van der Waals surface area contributed by atoms with E-state index in [-0.39, 0.29) is 17.4 Å². The molecule has 5 rings (SSSR count). The van der Waals surface area contributed by atoms with Gasteiger partial charge in [0.2, 0.25) is 0 Å². The van der Waals surface area contributed by atoms with Gasteiger partial charge in [-0.1, -0.05) is 12.1 Å². The summed E-state index contributed by atoms with van der Waals surface area (Å²) in [6, 6.07) is 12.9. The molecule has 6 nitrogen and oxygen atoms in total. The molecule has 2 saturated heterocycles. The van der Waals surface area contributed by atoms with Crippen LogP contribution in [0.25, 0.3) is 0 Å². The molecule has 1 aliphatic carbocycles. The minimum Gasteiger partial charge on any atom is -0.497 e. The molecule has 2 aliphatic heterocycles. The van der Waals surface area contributed by atoms with Crippen molar-refractivity contribution in [2.75, 3.05) is 31.6 Å². The third kappa shape index (κ3) is 3.34. The first-order valence-corrected chi connectivity index (χ1v) is 10.1. The van der Waals surface area contributed by atoms with Gasteiger partial charge >= 0.3 is 6.03 Å². The van der Waals surface area contributed by atoms with Gasteiger partial charge in [-0.15, -0.1) is 0 Å². The molecule has 29 heavy (non-hydrogen) atoms. The maximum absolute atomic E-state index is 13.9. The van der Waals surface area contributed by atoms with Crippen molar-refractivity contribution in [2.45, 2.75) is 30.8 Å². The second kappa shape index (κ2) is 7.00. The normalized spacial score (nSPS) is 20.7. The second-order valence-electron chi connectivity index (χ2n) is 8.23. The predicted molar refractivity (Wildman–Crippen MR) is 108 cm³/mol. The van der Waals surface area contributed by atoms with E-state index in [0.717, 1.165) is 37.2 Å². The molecule has 0 aromatic heterocycles. The summed E-state index contributed by atoms with van der Waals surface area (Å²) in [5.74, 6) is 0.576. The maximum atomic E-state index is 13.9. The van der Waals surface area contributed by atoms with E-state index in [4.69, 9.17) is 4.74 Å². The van der Waals surface area contributed by atoms with Crippen LogP contribution in [0, 0.1) is 5.82 Å². The summed E-state index contributed by atoms with van der Waals surface area (Å²) in [6.07, 6.45) is 1.97. The molecule has 2 N–H and O–H groups in total. The van der Waals surface area contributed by atoms with Gasteiger partial charge in [0.15, 0.2) is 0 Å². The third-order valence-corrected chi connectivity index (χ3v) is 6.32. The lowest BCUT2D eigenvalue weighted by molar-refractivity contribution is 0.197. The highest BCUT2D eigenvalue weighted by Gasteiger charge is 2.57. The van der Waals surface area contributed by atoms with Crippen LogP contribution in [0.4, 0.5) is 14.9 Å². The standard InChI is InChI=1S/C22H25FN4O2/c1-29-20-9-15(8-18(23)10-20)13-27-21(28)26(14-22(27)6-7-22)19-4-2-16(3-5-19)17-11-24-25-12-17/h2-5,8-10,17,24-25H,6-7,11-14H2,1H3. The number of nitrogens with zero attached hydrogens (tertiary/aromatic N) is 2. The van der Waals surface area contributed by atoms with Crippen molar-refractivity contribution in [3.63, 3.8) is 0 Å². The number of methoxy groups -OCH3 is 1. The molecule has 7 heteroatoms. The number of hydrazine groups is 1. The minimum atomic E-state index is -0.348. The molecular formula is C22H25FN4O2. The summed E-state index contributed by atoms with van der Waals surface area (Å²) in [7, 11) is 1.52. The van der Waals surface area contributed by atoms with Gasteiger partial charge < -0.3 is 9.64 Å². The fraction of sp³-hybridized carbons (Fsp3) is 0.409. The molecule has 0 bridgehead atoms. The highest BCUT2D eigenvalue weighted by Crippen LogP contribution is 2.48. The van der Waals surface area contributed by atoms with Gasteiger partial charge in [0.1, 0.15) is 11.6 Å². The summed E-state index contributed by atoms with van der Waals surface area (Å²) in [6.45, 7) is 2.90. The van der Waals surface area contributed by atoms with Crippen LogP contribution in [0.3, 0.4) is 0 Å². The topological polar surface area (TPSA) is 56.8 Å². The average molecular weight is 396 g/mol. The first-order chi connectivity index (χ1) is 14.1. The van der Waals surface area contributed by atoms with Crippen molar-refractivity contribution < 1.29 is 13.9 Å². The summed E-state index contributed by atoms with van der Waals surface area (Å²) < 4.78 is 19.1. The molecule has 2 amide bonds. The lowest BCUT2D eigenvalue weighted by atomic mass is 10.00. The predicted octanol–water partition coefficient (Wildman–Crippen LogP) is 3.00. The van der Waals surface area contributed by atoms with E-state index in [1.807, 2.05) is 21.9 Å². The van der Waals surface area contributed by atoms with E-state index in [2.05, 4.69) is 23.0 Å². The Balaban J connectivity index is 1.36. The number of carbonyl (C=O) groups excluding carboxylic acids is 1. The molecule has 0 unspecified atom stereocenters. The van der Waals surface area contributed by atoms with E-state index >= 15 is 0 Å². The van der Waals surface area contributed by atoms with Gasteiger partial charge in [-0.2, -0.15) is 0 Å². The van der Waals surface area contributed by atoms with Crippen molar-refractivity contribution in [1.82, 2.24) is 15.8 Å². The molecule has 1 saturated carbocycles. The van der Waals surface area contributed by atoms with E-state index in [1.54, 1.807) is 6.07 Å². The first kappa shape index (κ1) is 18.4. The SMILES string of the molecule is COc1cc(F)cc(CN2C(=O)N(c3ccc(C4CNNC4)cc3)CC23CC3)c1. The summed E-state index contributed by atoms with van der Waals surface area (Å²) in [5, 5.41) is 0. The van der Waals surface area contributed by atoms with E-state index in [1.165, 1.54) is 24.8 Å². The number of anilines is 1. The molecule has 2 heterocycles. The zero-order valence-corrected chi connectivity index (χ0v) is 16.5. The number of urea groups is 1. The minimum absolute atomic E-state index is 0.0114. The molecule has 3 fully saturated rings. The van der Waals surface area contributed by atoms with Gasteiger partial charge in [-0.3, -0.25) is 15.8 Å². The number of ether oxygens (including phenoxy) is 1. The number of benzene rings is 2. The summed E-state index contributed by atoms with van der Waals surface area (Å²) >= 11 is 0.